The first kappa shape index (κ1) is 25.6. The van der Waals surface area contributed by atoms with E-state index in [1.807, 2.05) is 30.3 Å². The molecule has 0 bridgehead atoms. The molecule has 32 heavy (non-hydrogen) atoms. The predicted molar refractivity (Wildman–Crippen MR) is 117 cm³/mol. The lowest BCUT2D eigenvalue weighted by Crippen LogP contribution is -2.46. The first-order chi connectivity index (χ1) is 15.2. The van der Waals surface area contributed by atoms with Crippen molar-refractivity contribution in [3.8, 4) is 0 Å². The number of alkyl carbamates (subject to hydrolysis) is 1. The van der Waals surface area contributed by atoms with Gasteiger partial charge in [0.05, 0.1) is 19.8 Å². The molecule has 2 rings (SSSR count). The summed E-state index contributed by atoms with van der Waals surface area (Å²) in [4.78, 5) is 37.9. The molecular weight excluding hydrogens is 416 g/mol. The van der Waals surface area contributed by atoms with Gasteiger partial charge in [-0.1, -0.05) is 30.3 Å². The minimum absolute atomic E-state index is 0.249. The third kappa shape index (κ3) is 8.84. The third-order valence-electron chi connectivity index (χ3n) is 4.74. The van der Waals surface area contributed by atoms with Crippen LogP contribution in [0.3, 0.4) is 0 Å². The molecule has 0 saturated carbocycles. The van der Waals surface area contributed by atoms with Crippen LogP contribution in [0.4, 0.5) is 4.79 Å². The van der Waals surface area contributed by atoms with Crippen LogP contribution in [-0.4, -0.2) is 74.0 Å². The van der Waals surface area contributed by atoms with E-state index in [0.29, 0.717) is 32.7 Å². The van der Waals surface area contributed by atoms with E-state index in [2.05, 4.69) is 5.32 Å². The molecule has 1 fully saturated rings. The fourth-order valence-electron chi connectivity index (χ4n) is 3.29. The lowest BCUT2D eigenvalue weighted by molar-refractivity contribution is -0.150. The number of amides is 2. The van der Waals surface area contributed by atoms with E-state index < -0.39 is 29.6 Å². The fourth-order valence-corrected chi connectivity index (χ4v) is 3.29. The maximum Gasteiger partial charge on any atom is 0.408 e. The van der Waals surface area contributed by atoms with Crippen LogP contribution in [0.2, 0.25) is 0 Å². The second-order valence-electron chi connectivity index (χ2n) is 8.56. The highest BCUT2D eigenvalue weighted by molar-refractivity contribution is 5.88. The van der Waals surface area contributed by atoms with E-state index in [1.54, 1.807) is 20.8 Å². The summed E-state index contributed by atoms with van der Waals surface area (Å²) in [6.45, 7) is 6.71. The zero-order valence-corrected chi connectivity index (χ0v) is 19.3. The molecular formula is C23H34N2O7. The Bertz CT molecular complexity index is 748. The number of carbonyl (C=O) groups is 3. The lowest BCUT2D eigenvalue weighted by atomic mass is 10.2. The van der Waals surface area contributed by atoms with Gasteiger partial charge in [0.1, 0.15) is 18.2 Å². The number of likely N-dealkylation sites (tertiary alicyclic amines) is 1. The van der Waals surface area contributed by atoms with Crippen LogP contribution in [0.25, 0.3) is 0 Å². The number of rotatable bonds is 10. The van der Waals surface area contributed by atoms with Crippen molar-refractivity contribution < 1.29 is 33.3 Å². The molecule has 1 aromatic carbocycles. The highest BCUT2D eigenvalue weighted by Gasteiger charge is 2.40. The van der Waals surface area contributed by atoms with Gasteiger partial charge in [-0.25, -0.2) is 9.59 Å². The van der Waals surface area contributed by atoms with Gasteiger partial charge in [0.2, 0.25) is 5.91 Å². The predicted octanol–water partition coefficient (Wildman–Crippen LogP) is 2.28. The second kappa shape index (κ2) is 12.4. The zero-order chi connectivity index (χ0) is 23.6. The molecule has 1 saturated heterocycles. The Morgan fingerprint density at radius 1 is 1.12 bits per heavy atom. The first-order valence-electron chi connectivity index (χ1n) is 10.8. The van der Waals surface area contributed by atoms with E-state index in [-0.39, 0.29) is 19.2 Å². The molecule has 9 heteroatoms. The van der Waals surface area contributed by atoms with Crippen molar-refractivity contribution >= 4 is 18.0 Å². The normalized spacial score (nSPS) is 18.3. The fraction of sp³-hybridized carbons (Fsp3) is 0.609. The molecule has 0 aromatic heterocycles. The van der Waals surface area contributed by atoms with Crippen LogP contribution in [0.5, 0.6) is 0 Å². The van der Waals surface area contributed by atoms with Crippen LogP contribution >= 0.6 is 0 Å². The molecule has 0 aliphatic carbocycles. The molecule has 1 heterocycles. The van der Waals surface area contributed by atoms with Crippen molar-refractivity contribution in [2.24, 2.45) is 0 Å². The summed E-state index contributed by atoms with van der Waals surface area (Å²) in [5, 5.41) is 2.43. The Balaban J connectivity index is 1.74. The summed E-state index contributed by atoms with van der Waals surface area (Å²) in [6, 6.07) is 9.16. The van der Waals surface area contributed by atoms with Crippen LogP contribution in [0.15, 0.2) is 30.3 Å². The van der Waals surface area contributed by atoms with Gasteiger partial charge in [0.25, 0.3) is 0 Å². The average Bonchev–Trinajstić information content (AvgIpc) is 3.18. The van der Waals surface area contributed by atoms with Gasteiger partial charge in [0, 0.05) is 26.2 Å². The molecule has 178 valence electrons. The van der Waals surface area contributed by atoms with Crippen LogP contribution in [-0.2, 0) is 35.1 Å². The molecule has 1 aliphatic heterocycles. The number of benzene rings is 1. The summed E-state index contributed by atoms with van der Waals surface area (Å²) in [5.41, 5.74) is 0.443. The lowest BCUT2D eigenvalue weighted by Gasteiger charge is -2.23. The molecule has 1 aliphatic rings. The van der Waals surface area contributed by atoms with Crippen LogP contribution < -0.4 is 5.32 Å². The summed E-state index contributed by atoms with van der Waals surface area (Å²) in [6.07, 6.45) is 0.0532. The summed E-state index contributed by atoms with van der Waals surface area (Å²) in [7, 11) is 1.28. The summed E-state index contributed by atoms with van der Waals surface area (Å²) < 4.78 is 21.5. The third-order valence-corrected chi connectivity index (χ3v) is 4.74. The number of methoxy groups -OCH3 is 1. The number of nitrogens with one attached hydrogen (secondary N) is 1. The number of hydrogen-bond donors (Lipinski definition) is 1. The van der Waals surface area contributed by atoms with Gasteiger partial charge in [-0.05, 0) is 32.8 Å². The van der Waals surface area contributed by atoms with E-state index in [1.165, 1.54) is 12.0 Å². The summed E-state index contributed by atoms with van der Waals surface area (Å²) >= 11 is 0. The SMILES string of the molecule is COC(=O)C1CC(OCCCOCc2ccccc2)CN1C(=O)CNC(=O)OC(C)(C)C. The van der Waals surface area contributed by atoms with Gasteiger partial charge in [-0.3, -0.25) is 4.79 Å². The smallest absolute Gasteiger partial charge is 0.408 e. The quantitative estimate of drug-likeness (QED) is 0.431. The van der Waals surface area contributed by atoms with Crippen LogP contribution in [0.1, 0.15) is 39.2 Å². The Hall–Kier alpha value is -2.65. The molecule has 0 spiro atoms. The molecule has 9 nitrogen and oxygen atoms in total. The van der Waals surface area contributed by atoms with Gasteiger partial charge in [-0.15, -0.1) is 0 Å². The Morgan fingerprint density at radius 3 is 2.50 bits per heavy atom. The largest absolute Gasteiger partial charge is 0.467 e. The van der Waals surface area contributed by atoms with Crippen molar-refractivity contribution in [1.82, 2.24) is 10.2 Å². The standard InChI is InChI=1S/C23H34N2O7/c1-23(2,3)32-22(28)24-14-20(26)25-15-18(13-19(25)21(27)29-4)31-12-8-11-30-16-17-9-6-5-7-10-17/h5-7,9-10,18-19H,8,11-16H2,1-4H3,(H,24,28). The zero-order valence-electron chi connectivity index (χ0n) is 19.3. The maximum absolute atomic E-state index is 12.6. The highest BCUT2D eigenvalue weighted by atomic mass is 16.6. The molecule has 2 atom stereocenters. The highest BCUT2D eigenvalue weighted by Crippen LogP contribution is 2.22. The number of hydrogen-bond acceptors (Lipinski definition) is 7. The van der Waals surface area contributed by atoms with Gasteiger partial charge >= 0.3 is 12.1 Å². The first-order valence-corrected chi connectivity index (χ1v) is 10.8. The number of carbonyl (C=O) groups excluding carboxylic acids is 3. The van der Waals surface area contributed by atoms with Crippen molar-refractivity contribution in [2.75, 3.05) is 33.4 Å². The van der Waals surface area contributed by atoms with E-state index >= 15 is 0 Å². The molecule has 2 unspecified atom stereocenters. The monoisotopic (exact) mass is 450 g/mol. The van der Waals surface area contributed by atoms with Crippen molar-refractivity contribution in [1.29, 1.82) is 0 Å². The average molecular weight is 451 g/mol. The van der Waals surface area contributed by atoms with E-state index in [9.17, 15) is 14.4 Å². The van der Waals surface area contributed by atoms with Crippen molar-refractivity contribution in [3.05, 3.63) is 35.9 Å². The second-order valence-corrected chi connectivity index (χ2v) is 8.56. The number of nitrogens with zero attached hydrogens (tertiary/aromatic N) is 1. The molecule has 1 aromatic rings. The van der Waals surface area contributed by atoms with Gasteiger partial charge < -0.3 is 29.2 Å². The minimum atomic E-state index is -0.743. The van der Waals surface area contributed by atoms with E-state index in [4.69, 9.17) is 18.9 Å². The maximum atomic E-state index is 12.6. The van der Waals surface area contributed by atoms with Crippen LogP contribution in [0, 0.1) is 0 Å². The van der Waals surface area contributed by atoms with Gasteiger partial charge in [0.15, 0.2) is 0 Å². The topological polar surface area (TPSA) is 103 Å². The Kier molecular flexibility index (Phi) is 9.93. The van der Waals surface area contributed by atoms with Gasteiger partial charge in [-0.2, -0.15) is 0 Å². The minimum Gasteiger partial charge on any atom is -0.467 e. The van der Waals surface area contributed by atoms with Crippen molar-refractivity contribution in [3.63, 3.8) is 0 Å². The number of esters is 1. The molecule has 0 radical (unpaired) electrons. The Morgan fingerprint density at radius 2 is 1.84 bits per heavy atom. The molecule has 1 N–H and O–H groups in total. The summed E-state index contributed by atoms with van der Waals surface area (Å²) in [5.74, 6) is -0.906. The number of ether oxygens (including phenoxy) is 4. The van der Waals surface area contributed by atoms with Crippen molar-refractivity contribution in [2.45, 2.75) is 58.0 Å². The van der Waals surface area contributed by atoms with E-state index in [0.717, 1.165) is 5.56 Å². The Labute approximate surface area is 189 Å². The molecule has 2 amide bonds.